The molecule has 1 rings (SSSR count). The molecule has 0 saturated carbocycles. The van der Waals surface area contributed by atoms with Crippen LogP contribution in [0.1, 0.15) is 46.3 Å². The Morgan fingerprint density at radius 1 is 1.09 bits per heavy atom. The van der Waals surface area contributed by atoms with Crippen LogP contribution in [-0.4, -0.2) is 50.0 Å². The molecule has 2 atom stereocenters. The smallest absolute Gasteiger partial charge is 0.408 e. The Labute approximate surface area is 221 Å². The molecule has 0 aliphatic rings. The van der Waals surface area contributed by atoms with E-state index in [0.29, 0.717) is 14.8 Å². The second-order valence-electron chi connectivity index (χ2n) is 7.97. The van der Waals surface area contributed by atoms with E-state index in [0.717, 1.165) is 3.57 Å². The van der Waals surface area contributed by atoms with Gasteiger partial charge in [-0.15, -0.1) is 0 Å². The number of benzene rings is 1. The van der Waals surface area contributed by atoms with Crippen molar-refractivity contribution in [2.24, 2.45) is 0 Å². The van der Waals surface area contributed by atoms with E-state index >= 15 is 0 Å². The molecule has 2 N–H and O–H groups in total. The van der Waals surface area contributed by atoms with Gasteiger partial charge in [-0.05, 0) is 85.0 Å². The summed E-state index contributed by atoms with van der Waals surface area (Å²) in [6.45, 7) is 7.92. The second kappa shape index (κ2) is 12.7. The lowest BCUT2D eigenvalue weighted by Gasteiger charge is -2.24. The minimum absolute atomic E-state index is 0.208. The van der Waals surface area contributed by atoms with Gasteiger partial charge in [-0.25, -0.2) is 4.79 Å². The maximum Gasteiger partial charge on any atom is 0.408 e. The molecular weight excluding hydrogens is 681 g/mol. The number of halogens is 2. The van der Waals surface area contributed by atoms with Crippen LogP contribution in [0.2, 0.25) is 0 Å². The van der Waals surface area contributed by atoms with E-state index in [1.807, 2.05) is 0 Å². The lowest BCUT2D eigenvalue weighted by molar-refractivity contribution is -0.145. The minimum Gasteiger partial charge on any atom is -0.457 e. The molecule has 0 aromatic heterocycles. The highest BCUT2D eigenvalue weighted by Gasteiger charge is 2.32. The summed E-state index contributed by atoms with van der Waals surface area (Å²) in [5.74, 6) is -1.05. The lowest BCUT2D eigenvalue weighted by Crippen LogP contribution is -2.44. The Morgan fingerprint density at radius 3 is 2.15 bits per heavy atom. The number of alkyl carbamates (subject to hydrolysis) is 1. The van der Waals surface area contributed by atoms with Crippen LogP contribution < -0.4 is 10.6 Å². The maximum absolute atomic E-state index is 12.7. The van der Waals surface area contributed by atoms with Crippen molar-refractivity contribution in [3.05, 3.63) is 24.8 Å². The third-order valence-electron chi connectivity index (χ3n) is 4.07. The van der Waals surface area contributed by atoms with Crippen molar-refractivity contribution in [2.45, 2.75) is 52.4 Å². The van der Waals surface area contributed by atoms with Gasteiger partial charge in [-0.1, -0.05) is 0 Å². The van der Waals surface area contributed by atoms with Crippen molar-refractivity contribution in [3.8, 4) is 0 Å². The largest absolute Gasteiger partial charge is 0.457 e. The van der Waals surface area contributed by atoms with E-state index in [2.05, 4.69) is 55.8 Å². The quantitative estimate of drug-likeness (QED) is 0.212. The molecule has 2 unspecified atom stereocenters. The summed E-state index contributed by atoms with van der Waals surface area (Å²) in [6, 6.07) is 2.52. The molecule has 33 heavy (non-hydrogen) atoms. The molecular formula is C20H29I2N2O8P. The summed E-state index contributed by atoms with van der Waals surface area (Å²) < 4.78 is 34.7. The van der Waals surface area contributed by atoms with Crippen molar-refractivity contribution in [1.82, 2.24) is 5.32 Å². The number of hydrogen-bond acceptors (Lipinski definition) is 8. The Balaban J connectivity index is 3.17. The zero-order valence-corrected chi connectivity index (χ0v) is 24.7. The first-order chi connectivity index (χ1) is 15.1. The third-order valence-corrected chi connectivity index (χ3v) is 7.79. The Hall–Kier alpha value is -0.960. The molecule has 10 nitrogen and oxygen atoms in total. The predicted molar refractivity (Wildman–Crippen MR) is 140 cm³/mol. The number of carbonyl (C=O) groups excluding carboxylic acids is 3. The average molecular weight is 710 g/mol. The van der Waals surface area contributed by atoms with Gasteiger partial charge in [0.15, 0.2) is 0 Å². The monoisotopic (exact) mass is 710 g/mol. The maximum atomic E-state index is 12.7. The van der Waals surface area contributed by atoms with Gasteiger partial charge in [0.25, 0.3) is 0 Å². The van der Waals surface area contributed by atoms with Gasteiger partial charge in [-0.3, -0.25) is 14.2 Å². The van der Waals surface area contributed by atoms with Crippen LogP contribution in [0, 0.1) is 7.14 Å². The summed E-state index contributed by atoms with van der Waals surface area (Å²) in [5.41, 5.74) is 0.246. The molecule has 0 aliphatic carbocycles. The highest BCUT2D eigenvalue weighted by atomic mass is 127. The van der Waals surface area contributed by atoms with Gasteiger partial charge in [0.2, 0.25) is 5.91 Å². The minimum atomic E-state index is -3.51. The fourth-order valence-electron chi connectivity index (χ4n) is 2.53. The molecule has 1 aromatic rings. The van der Waals surface area contributed by atoms with E-state index < -0.39 is 43.3 Å². The van der Waals surface area contributed by atoms with Crippen molar-refractivity contribution >= 4 is 76.4 Å². The van der Waals surface area contributed by atoms with Crippen LogP contribution in [0.4, 0.5) is 10.5 Å². The van der Waals surface area contributed by atoms with Crippen molar-refractivity contribution in [1.29, 1.82) is 0 Å². The number of rotatable bonds is 9. The first kappa shape index (κ1) is 30.1. The zero-order valence-electron chi connectivity index (χ0n) is 19.5. The molecule has 0 bridgehead atoms. The normalized spacial score (nSPS) is 13.6. The summed E-state index contributed by atoms with van der Waals surface area (Å²) in [4.78, 5) is 36.3. The van der Waals surface area contributed by atoms with Gasteiger partial charge in [0.05, 0.1) is 11.8 Å². The first-order valence-electron chi connectivity index (χ1n) is 9.78. The number of amides is 2. The van der Waals surface area contributed by atoms with Crippen LogP contribution in [0.3, 0.4) is 0 Å². The number of nitrogens with one attached hydrogen (secondary N) is 2. The van der Waals surface area contributed by atoms with E-state index in [1.165, 1.54) is 28.1 Å². The van der Waals surface area contributed by atoms with E-state index in [4.69, 9.17) is 18.5 Å². The standard InChI is InChI=1S/C20H29I2N2O8P/c1-11(23-19(27)32-20(3,4)5)18(26)24-16-8-13(14(21)9-15(16)22)17(31-12(2)25)10-33(28,29-6)30-7/h8-9,11,17H,10H2,1-7H3,(H,23,27)(H,24,26). The van der Waals surface area contributed by atoms with E-state index in [1.54, 1.807) is 32.9 Å². The molecule has 0 fully saturated rings. The van der Waals surface area contributed by atoms with Crippen LogP contribution in [0.25, 0.3) is 0 Å². The van der Waals surface area contributed by atoms with Crippen LogP contribution >= 0.6 is 52.8 Å². The van der Waals surface area contributed by atoms with Crippen LogP contribution in [0.5, 0.6) is 0 Å². The van der Waals surface area contributed by atoms with Crippen LogP contribution in [0.15, 0.2) is 12.1 Å². The highest BCUT2D eigenvalue weighted by Crippen LogP contribution is 2.50. The number of anilines is 1. The molecule has 0 aliphatic heterocycles. The first-order valence-corrected chi connectivity index (χ1v) is 13.7. The van der Waals surface area contributed by atoms with Gasteiger partial charge in [0.1, 0.15) is 17.7 Å². The van der Waals surface area contributed by atoms with E-state index in [-0.39, 0.29) is 6.16 Å². The summed E-state index contributed by atoms with van der Waals surface area (Å²) in [5, 5.41) is 5.23. The Bertz CT molecular complexity index is 927. The second-order valence-corrected chi connectivity index (χ2v) is 12.6. The summed E-state index contributed by atoms with van der Waals surface area (Å²) in [6.07, 6.45) is -1.86. The van der Waals surface area contributed by atoms with Crippen molar-refractivity contribution in [3.63, 3.8) is 0 Å². The highest BCUT2D eigenvalue weighted by molar-refractivity contribution is 14.1. The van der Waals surface area contributed by atoms with Crippen LogP contribution in [-0.2, 0) is 32.7 Å². The zero-order chi connectivity index (χ0) is 25.6. The topological polar surface area (TPSA) is 129 Å². The van der Waals surface area contributed by atoms with Gasteiger partial charge >= 0.3 is 19.7 Å². The SMILES string of the molecule is COP(=O)(CC(OC(C)=O)c1cc(NC(=O)C(C)NC(=O)OC(C)(C)C)c(I)cc1I)OC. The molecule has 0 radical (unpaired) electrons. The molecule has 1 aromatic carbocycles. The van der Waals surface area contributed by atoms with Crippen molar-refractivity contribution < 1.29 is 37.5 Å². The lowest BCUT2D eigenvalue weighted by atomic mass is 10.1. The number of carbonyl (C=O) groups is 3. The summed E-state index contributed by atoms with van der Waals surface area (Å²) in [7, 11) is -1.02. The van der Waals surface area contributed by atoms with Gasteiger partial charge in [-0.2, -0.15) is 0 Å². The fourth-order valence-corrected chi connectivity index (χ4v) is 5.66. The average Bonchev–Trinajstić information content (AvgIpc) is 2.67. The molecule has 0 spiro atoms. The predicted octanol–water partition coefficient (Wildman–Crippen LogP) is 4.84. The fraction of sp³-hybridized carbons (Fsp3) is 0.550. The molecule has 2 amide bonds. The Morgan fingerprint density at radius 2 is 1.67 bits per heavy atom. The van der Waals surface area contributed by atoms with E-state index in [9.17, 15) is 18.9 Å². The molecule has 186 valence electrons. The molecule has 0 saturated heterocycles. The van der Waals surface area contributed by atoms with Gasteiger partial charge < -0.3 is 29.2 Å². The third kappa shape index (κ3) is 10.0. The number of hydrogen-bond donors (Lipinski definition) is 2. The molecule has 0 heterocycles. The summed E-state index contributed by atoms with van der Waals surface area (Å²) >= 11 is 4.11. The Kier molecular flexibility index (Phi) is 11.5. The number of esters is 1. The van der Waals surface area contributed by atoms with Gasteiger partial charge in [0, 0.05) is 33.8 Å². The number of ether oxygens (including phenoxy) is 2. The molecule has 13 heteroatoms. The van der Waals surface area contributed by atoms with Crippen molar-refractivity contribution in [2.75, 3.05) is 25.7 Å².